The molecule has 0 saturated carbocycles. The molecule has 0 bridgehead atoms. The maximum absolute atomic E-state index is 12.5. The zero-order valence-corrected chi connectivity index (χ0v) is 15.4. The van der Waals surface area contributed by atoms with Crippen LogP contribution in [0.15, 0.2) is 29.2 Å². The van der Waals surface area contributed by atoms with Gasteiger partial charge in [-0.05, 0) is 64.0 Å². The average molecular weight is 361 g/mol. The number of rotatable bonds is 4. The van der Waals surface area contributed by atoms with E-state index in [1.807, 2.05) is 7.05 Å². The summed E-state index contributed by atoms with van der Waals surface area (Å²) in [7, 11) is -1.48. The van der Waals surface area contributed by atoms with E-state index in [1.165, 1.54) is 12.1 Å². The lowest BCUT2D eigenvalue weighted by Gasteiger charge is -2.31. The van der Waals surface area contributed by atoms with Gasteiger partial charge in [0.15, 0.2) is 9.84 Å². The van der Waals surface area contributed by atoms with Gasteiger partial charge >= 0.3 is 0 Å². The van der Waals surface area contributed by atoms with Crippen LogP contribution in [0.3, 0.4) is 0 Å². The zero-order chi connectivity index (χ0) is 16.3. The summed E-state index contributed by atoms with van der Waals surface area (Å²) in [6.45, 7) is 5.15. The van der Waals surface area contributed by atoms with Crippen LogP contribution in [0, 0.1) is 0 Å². The van der Waals surface area contributed by atoms with Crippen LogP contribution in [0.2, 0.25) is 0 Å². The lowest BCUT2D eigenvalue weighted by molar-refractivity contribution is 0.0703. The first-order valence-corrected chi connectivity index (χ1v) is 9.20. The van der Waals surface area contributed by atoms with Gasteiger partial charge in [0.05, 0.1) is 10.1 Å². The minimum absolute atomic E-state index is 0. The van der Waals surface area contributed by atoms with Crippen molar-refractivity contribution in [2.24, 2.45) is 0 Å². The molecule has 1 N–H and O–H groups in total. The van der Waals surface area contributed by atoms with E-state index in [0.717, 1.165) is 25.9 Å². The second-order valence-electron chi connectivity index (χ2n) is 6.02. The molecule has 0 spiro atoms. The second kappa shape index (κ2) is 8.13. The summed E-state index contributed by atoms with van der Waals surface area (Å²) in [5.41, 5.74) is 0.531. The summed E-state index contributed by atoms with van der Waals surface area (Å²) in [6.07, 6.45) is 1.89. The predicted octanol–water partition coefficient (Wildman–Crippen LogP) is 2.11. The highest BCUT2D eigenvalue weighted by Crippen LogP contribution is 2.18. The topological polar surface area (TPSA) is 66.5 Å². The zero-order valence-electron chi connectivity index (χ0n) is 13.8. The van der Waals surface area contributed by atoms with Crippen molar-refractivity contribution in [1.82, 2.24) is 10.2 Å². The molecular formula is C16H25ClN2O3S. The molecule has 1 aliphatic heterocycles. The smallest absolute Gasteiger partial charge is 0.253 e. The van der Waals surface area contributed by atoms with Crippen molar-refractivity contribution in [3.05, 3.63) is 29.8 Å². The number of hydrogen-bond donors (Lipinski definition) is 1. The molecule has 0 aliphatic carbocycles. The molecule has 1 fully saturated rings. The number of sulfone groups is 1. The van der Waals surface area contributed by atoms with Gasteiger partial charge < -0.3 is 10.2 Å². The van der Waals surface area contributed by atoms with E-state index in [9.17, 15) is 13.2 Å². The Balaban J connectivity index is 0.00000264. The molecule has 1 aromatic carbocycles. The van der Waals surface area contributed by atoms with Crippen molar-refractivity contribution in [2.75, 3.05) is 20.1 Å². The minimum atomic E-state index is -3.29. The number of halogens is 1. The Kier molecular flexibility index (Phi) is 7.04. The third-order valence-corrected chi connectivity index (χ3v) is 6.40. The maximum Gasteiger partial charge on any atom is 0.253 e. The van der Waals surface area contributed by atoms with E-state index in [0.29, 0.717) is 5.56 Å². The van der Waals surface area contributed by atoms with Gasteiger partial charge in [0.2, 0.25) is 0 Å². The molecule has 2 rings (SSSR count). The molecule has 1 aliphatic rings. The molecule has 0 atom stereocenters. The largest absolute Gasteiger partial charge is 0.339 e. The Bertz CT molecular complexity index is 623. The molecule has 23 heavy (non-hydrogen) atoms. The second-order valence-corrected chi connectivity index (χ2v) is 8.52. The Hall–Kier alpha value is -1.11. The molecule has 0 aromatic heterocycles. The van der Waals surface area contributed by atoms with Crippen molar-refractivity contribution in [3.8, 4) is 0 Å². The van der Waals surface area contributed by atoms with Crippen LogP contribution in [-0.2, 0) is 9.84 Å². The number of piperidine rings is 1. The van der Waals surface area contributed by atoms with Gasteiger partial charge in [-0.3, -0.25) is 4.79 Å². The number of nitrogens with zero attached hydrogens (tertiary/aromatic N) is 1. The molecule has 1 heterocycles. The highest BCUT2D eigenvalue weighted by molar-refractivity contribution is 7.92. The van der Waals surface area contributed by atoms with Gasteiger partial charge in [-0.25, -0.2) is 8.42 Å². The summed E-state index contributed by atoms with van der Waals surface area (Å²) in [5.74, 6) is -0.0552. The normalized spacial score (nSPS) is 16.0. The molecular weight excluding hydrogens is 336 g/mol. The Morgan fingerprint density at radius 1 is 1.17 bits per heavy atom. The Morgan fingerprint density at radius 2 is 1.70 bits per heavy atom. The van der Waals surface area contributed by atoms with E-state index >= 15 is 0 Å². The molecule has 0 unspecified atom stereocenters. The van der Waals surface area contributed by atoms with Crippen molar-refractivity contribution in [2.45, 2.75) is 42.9 Å². The maximum atomic E-state index is 12.5. The first-order chi connectivity index (χ1) is 10.3. The third-order valence-electron chi connectivity index (χ3n) is 4.23. The van der Waals surface area contributed by atoms with Gasteiger partial charge in [0.1, 0.15) is 0 Å². The Morgan fingerprint density at radius 3 is 2.17 bits per heavy atom. The fourth-order valence-electron chi connectivity index (χ4n) is 2.62. The summed E-state index contributed by atoms with van der Waals surface area (Å²) in [6, 6.07) is 6.51. The van der Waals surface area contributed by atoms with E-state index in [1.54, 1.807) is 30.9 Å². The van der Waals surface area contributed by atoms with E-state index < -0.39 is 15.1 Å². The molecule has 130 valence electrons. The van der Waals surface area contributed by atoms with Crippen LogP contribution < -0.4 is 5.32 Å². The Labute approximate surface area is 144 Å². The van der Waals surface area contributed by atoms with Crippen LogP contribution >= 0.6 is 12.4 Å². The highest BCUT2D eigenvalue weighted by atomic mass is 35.5. The third kappa shape index (κ3) is 4.46. The van der Waals surface area contributed by atoms with Crippen molar-refractivity contribution in [1.29, 1.82) is 0 Å². The fraction of sp³-hybridized carbons (Fsp3) is 0.562. The van der Waals surface area contributed by atoms with Gasteiger partial charge in [-0.1, -0.05) is 0 Å². The van der Waals surface area contributed by atoms with Gasteiger partial charge in [0.25, 0.3) is 5.91 Å². The number of carbonyl (C=O) groups excluding carboxylic acids is 1. The number of carbonyl (C=O) groups is 1. The summed E-state index contributed by atoms with van der Waals surface area (Å²) in [4.78, 5) is 14.5. The van der Waals surface area contributed by atoms with Gasteiger partial charge in [0, 0.05) is 18.7 Å². The molecule has 1 saturated heterocycles. The summed E-state index contributed by atoms with van der Waals surface area (Å²) in [5, 5.41) is 2.81. The van der Waals surface area contributed by atoms with E-state index in [-0.39, 0.29) is 29.3 Å². The van der Waals surface area contributed by atoms with Crippen LogP contribution in [0.25, 0.3) is 0 Å². The van der Waals surface area contributed by atoms with Crippen LogP contribution in [0.5, 0.6) is 0 Å². The molecule has 5 nitrogen and oxygen atoms in total. The minimum Gasteiger partial charge on any atom is -0.339 e. The first kappa shape index (κ1) is 19.9. The standard InChI is InChI=1S/C16H24N2O3S.ClH/c1-12(2)22(20,21)15-6-4-13(5-7-15)16(19)18(3)14-8-10-17-11-9-14;/h4-7,12,14,17H,8-11H2,1-3H3;1H. The lowest BCUT2D eigenvalue weighted by atomic mass is 10.0. The number of nitrogens with one attached hydrogen (secondary N) is 1. The number of hydrogen-bond acceptors (Lipinski definition) is 4. The van der Waals surface area contributed by atoms with Crippen molar-refractivity contribution < 1.29 is 13.2 Å². The lowest BCUT2D eigenvalue weighted by Crippen LogP contribution is -2.43. The number of benzene rings is 1. The first-order valence-electron chi connectivity index (χ1n) is 7.66. The van der Waals surface area contributed by atoms with Gasteiger partial charge in [-0.2, -0.15) is 0 Å². The molecule has 7 heteroatoms. The van der Waals surface area contributed by atoms with Crippen LogP contribution in [-0.4, -0.2) is 50.7 Å². The average Bonchev–Trinajstić information content (AvgIpc) is 2.54. The number of amides is 1. The summed E-state index contributed by atoms with van der Waals surface area (Å²) < 4.78 is 24.2. The van der Waals surface area contributed by atoms with Crippen molar-refractivity contribution >= 4 is 28.2 Å². The fourth-order valence-corrected chi connectivity index (χ4v) is 3.68. The van der Waals surface area contributed by atoms with E-state index in [4.69, 9.17) is 0 Å². The summed E-state index contributed by atoms with van der Waals surface area (Å²) >= 11 is 0. The molecule has 1 amide bonds. The molecule has 1 aromatic rings. The van der Waals surface area contributed by atoms with Crippen molar-refractivity contribution in [3.63, 3.8) is 0 Å². The quantitative estimate of drug-likeness (QED) is 0.893. The van der Waals surface area contributed by atoms with E-state index in [2.05, 4.69) is 5.32 Å². The SMILES string of the molecule is CC(C)S(=O)(=O)c1ccc(C(=O)N(C)C2CCNCC2)cc1.Cl. The molecule has 0 radical (unpaired) electrons. The predicted molar refractivity (Wildman–Crippen MR) is 94.0 cm³/mol. The highest BCUT2D eigenvalue weighted by Gasteiger charge is 2.24. The monoisotopic (exact) mass is 360 g/mol. The van der Waals surface area contributed by atoms with Gasteiger partial charge in [-0.15, -0.1) is 12.4 Å². The van der Waals surface area contributed by atoms with Crippen LogP contribution in [0.4, 0.5) is 0 Å². The van der Waals surface area contributed by atoms with Crippen LogP contribution in [0.1, 0.15) is 37.0 Å².